The van der Waals surface area contributed by atoms with Gasteiger partial charge in [0.2, 0.25) is 5.91 Å². The molecule has 0 aliphatic carbocycles. The Morgan fingerprint density at radius 2 is 1.80 bits per heavy atom. The van der Waals surface area contributed by atoms with E-state index < -0.39 is 11.7 Å². The van der Waals surface area contributed by atoms with Crippen molar-refractivity contribution in [2.75, 3.05) is 31.1 Å². The van der Waals surface area contributed by atoms with E-state index in [0.29, 0.717) is 48.7 Å². The number of fused-ring (bicyclic) bond motifs is 1. The summed E-state index contributed by atoms with van der Waals surface area (Å²) in [4.78, 5) is 20.7. The van der Waals surface area contributed by atoms with Gasteiger partial charge in [0.25, 0.3) is 0 Å². The molecule has 4 nitrogen and oxygen atoms in total. The lowest BCUT2D eigenvalue weighted by Crippen LogP contribution is -2.48. The predicted molar refractivity (Wildman–Crippen MR) is 113 cm³/mol. The van der Waals surface area contributed by atoms with E-state index in [1.807, 2.05) is 17.0 Å². The molecule has 3 rings (SSSR count). The third-order valence-electron chi connectivity index (χ3n) is 5.74. The van der Waals surface area contributed by atoms with Gasteiger partial charge in [-0.3, -0.25) is 9.78 Å². The second-order valence-corrected chi connectivity index (χ2v) is 7.76. The fourth-order valence-corrected chi connectivity index (χ4v) is 3.83. The van der Waals surface area contributed by atoms with Gasteiger partial charge < -0.3 is 9.80 Å². The van der Waals surface area contributed by atoms with E-state index in [0.717, 1.165) is 30.7 Å². The van der Waals surface area contributed by atoms with Gasteiger partial charge in [-0.05, 0) is 50.0 Å². The number of pyridine rings is 1. The molecule has 1 aliphatic heterocycles. The Balaban J connectivity index is 1.76. The van der Waals surface area contributed by atoms with Crippen molar-refractivity contribution in [1.82, 2.24) is 9.88 Å². The Morgan fingerprint density at radius 1 is 1.13 bits per heavy atom. The van der Waals surface area contributed by atoms with Crippen LogP contribution in [0.15, 0.2) is 36.4 Å². The Morgan fingerprint density at radius 3 is 2.40 bits per heavy atom. The summed E-state index contributed by atoms with van der Waals surface area (Å²) < 4.78 is 39.2. The van der Waals surface area contributed by atoms with Gasteiger partial charge in [0.15, 0.2) is 0 Å². The zero-order valence-corrected chi connectivity index (χ0v) is 17.7. The van der Waals surface area contributed by atoms with Gasteiger partial charge in [-0.1, -0.05) is 26.0 Å². The maximum absolute atomic E-state index is 13.1. The summed E-state index contributed by atoms with van der Waals surface area (Å²) >= 11 is 0. The standard InChI is InChI=1S/C23H28F3N3O/c1-4-17(5-2)6-9-22(30)29-12-10-28(11-13-29)21-14-16(3)27-20-15-18(23(24,25)26)7-8-19(20)21/h6-9,14-15,17H,4-5,10-13H2,1-3H3. The molecule has 30 heavy (non-hydrogen) atoms. The number of anilines is 1. The minimum absolute atomic E-state index is 0.0205. The van der Waals surface area contributed by atoms with Crippen molar-refractivity contribution in [3.05, 3.63) is 47.7 Å². The van der Waals surface area contributed by atoms with E-state index in [1.165, 1.54) is 6.07 Å². The lowest BCUT2D eigenvalue weighted by molar-refractivity contribution is -0.137. The third-order valence-corrected chi connectivity index (χ3v) is 5.74. The SMILES string of the molecule is CCC(C=CC(=O)N1CCN(c2cc(C)nc3cc(C(F)(F)F)ccc23)CC1)CC. The van der Waals surface area contributed by atoms with Crippen LogP contribution in [0.5, 0.6) is 0 Å². The van der Waals surface area contributed by atoms with Crippen LogP contribution in [0.4, 0.5) is 18.9 Å². The third kappa shape index (κ3) is 4.94. The Hall–Kier alpha value is -2.57. The highest BCUT2D eigenvalue weighted by molar-refractivity contribution is 5.93. The number of alkyl halides is 3. The van der Waals surface area contributed by atoms with E-state index in [9.17, 15) is 18.0 Å². The molecular weight excluding hydrogens is 391 g/mol. The van der Waals surface area contributed by atoms with E-state index in [2.05, 4.69) is 23.7 Å². The number of aryl methyl sites for hydroxylation is 1. The van der Waals surface area contributed by atoms with E-state index in [4.69, 9.17) is 0 Å². The van der Waals surface area contributed by atoms with Crippen LogP contribution in [0.2, 0.25) is 0 Å². The molecule has 0 radical (unpaired) electrons. The lowest BCUT2D eigenvalue weighted by atomic mass is 10.0. The largest absolute Gasteiger partial charge is 0.416 e. The minimum atomic E-state index is -4.39. The van der Waals surface area contributed by atoms with Crippen molar-refractivity contribution >= 4 is 22.5 Å². The van der Waals surface area contributed by atoms with Gasteiger partial charge >= 0.3 is 6.18 Å². The van der Waals surface area contributed by atoms with Crippen molar-refractivity contribution in [1.29, 1.82) is 0 Å². The number of carbonyl (C=O) groups is 1. The van der Waals surface area contributed by atoms with Crippen molar-refractivity contribution in [3.8, 4) is 0 Å². The first-order chi connectivity index (χ1) is 14.2. The quantitative estimate of drug-likeness (QED) is 0.625. The lowest BCUT2D eigenvalue weighted by Gasteiger charge is -2.36. The molecule has 0 unspecified atom stereocenters. The fourth-order valence-electron chi connectivity index (χ4n) is 3.83. The molecule has 0 atom stereocenters. The van der Waals surface area contributed by atoms with Crippen LogP contribution in [0, 0.1) is 12.8 Å². The minimum Gasteiger partial charge on any atom is -0.367 e. The first-order valence-electron chi connectivity index (χ1n) is 10.4. The number of hydrogen-bond acceptors (Lipinski definition) is 3. The van der Waals surface area contributed by atoms with E-state index in [-0.39, 0.29) is 5.91 Å². The second kappa shape index (κ2) is 9.06. The van der Waals surface area contributed by atoms with Crippen molar-refractivity contribution in [2.24, 2.45) is 5.92 Å². The highest BCUT2D eigenvalue weighted by Crippen LogP contribution is 2.34. The molecule has 0 N–H and O–H groups in total. The van der Waals surface area contributed by atoms with Crippen molar-refractivity contribution < 1.29 is 18.0 Å². The number of benzene rings is 1. The molecule has 1 aromatic heterocycles. The summed E-state index contributed by atoms with van der Waals surface area (Å²) in [7, 11) is 0. The fraction of sp³-hybridized carbons (Fsp3) is 0.478. The van der Waals surface area contributed by atoms with Crippen molar-refractivity contribution in [3.63, 3.8) is 0 Å². The summed E-state index contributed by atoms with van der Waals surface area (Å²) in [5.41, 5.74) is 1.18. The number of allylic oxidation sites excluding steroid dienone is 1. The molecule has 0 saturated carbocycles. The van der Waals surface area contributed by atoms with Crippen LogP contribution in [-0.2, 0) is 11.0 Å². The van der Waals surface area contributed by atoms with Crippen molar-refractivity contribution in [2.45, 2.75) is 39.8 Å². The van der Waals surface area contributed by atoms with Crippen LogP contribution in [-0.4, -0.2) is 42.0 Å². The van der Waals surface area contributed by atoms with Gasteiger partial charge in [-0.15, -0.1) is 0 Å². The first-order valence-corrected chi connectivity index (χ1v) is 10.4. The zero-order chi connectivity index (χ0) is 21.9. The Labute approximate surface area is 175 Å². The Bertz CT molecular complexity index is 927. The van der Waals surface area contributed by atoms with Crippen LogP contribution >= 0.6 is 0 Å². The number of hydrogen-bond donors (Lipinski definition) is 0. The monoisotopic (exact) mass is 419 g/mol. The number of piperazine rings is 1. The number of halogens is 3. The second-order valence-electron chi connectivity index (χ2n) is 7.76. The molecule has 7 heteroatoms. The van der Waals surface area contributed by atoms with Crippen LogP contribution < -0.4 is 4.90 Å². The summed E-state index contributed by atoms with van der Waals surface area (Å²) in [5, 5.41) is 0.696. The number of aromatic nitrogens is 1. The maximum atomic E-state index is 13.1. The van der Waals surface area contributed by atoms with Gasteiger partial charge in [-0.25, -0.2) is 0 Å². The predicted octanol–water partition coefficient (Wildman–Crippen LogP) is 5.20. The molecule has 1 amide bonds. The summed E-state index contributed by atoms with van der Waals surface area (Å²) in [6.45, 7) is 8.42. The molecule has 162 valence electrons. The number of amides is 1. The molecule has 1 aliphatic rings. The van der Waals surface area contributed by atoms with Gasteiger partial charge in [-0.2, -0.15) is 13.2 Å². The van der Waals surface area contributed by atoms with Crippen LogP contribution in [0.3, 0.4) is 0 Å². The first kappa shape index (κ1) is 22.1. The molecule has 2 aromatic rings. The van der Waals surface area contributed by atoms with E-state index >= 15 is 0 Å². The molecular formula is C23H28F3N3O. The molecule has 1 saturated heterocycles. The number of carbonyl (C=O) groups excluding carboxylic acids is 1. The average Bonchev–Trinajstić information content (AvgIpc) is 2.72. The van der Waals surface area contributed by atoms with E-state index in [1.54, 1.807) is 13.0 Å². The highest BCUT2D eigenvalue weighted by Gasteiger charge is 2.31. The number of rotatable bonds is 5. The highest BCUT2D eigenvalue weighted by atomic mass is 19.4. The molecule has 2 heterocycles. The van der Waals surface area contributed by atoms with Crippen LogP contribution in [0.1, 0.15) is 37.9 Å². The Kier molecular flexibility index (Phi) is 6.68. The number of nitrogens with zero attached hydrogens (tertiary/aromatic N) is 3. The molecule has 0 bridgehead atoms. The average molecular weight is 419 g/mol. The molecule has 1 fully saturated rings. The van der Waals surface area contributed by atoms with Gasteiger partial charge in [0.1, 0.15) is 0 Å². The van der Waals surface area contributed by atoms with Crippen LogP contribution in [0.25, 0.3) is 10.9 Å². The van der Waals surface area contributed by atoms with Gasteiger partial charge in [0, 0.05) is 42.9 Å². The molecule has 0 spiro atoms. The summed E-state index contributed by atoms with van der Waals surface area (Å²) in [6.07, 6.45) is 1.30. The maximum Gasteiger partial charge on any atom is 0.416 e. The molecule has 1 aromatic carbocycles. The van der Waals surface area contributed by atoms with Gasteiger partial charge in [0.05, 0.1) is 11.1 Å². The topological polar surface area (TPSA) is 36.4 Å². The summed E-state index contributed by atoms with van der Waals surface area (Å²) in [6, 6.07) is 5.61. The zero-order valence-electron chi connectivity index (χ0n) is 17.7. The smallest absolute Gasteiger partial charge is 0.367 e. The normalized spacial score (nSPS) is 15.6. The summed E-state index contributed by atoms with van der Waals surface area (Å²) in [5.74, 6) is 0.440.